The average Bonchev–Trinajstić information content (AvgIpc) is 2.50. The zero-order chi connectivity index (χ0) is 14.4. The van der Waals surface area contributed by atoms with E-state index in [-0.39, 0.29) is 11.9 Å². The van der Waals surface area contributed by atoms with Crippen LogP contribution in [0.15, 0.2) is 48.5 Å². The van der Waals surface area contributed by atoms with Gasteiger partial charge in [-0.25, -0.2) is 4.39 Å². The summed E-state index contributed by atoms with van der Waals surface area (Å²) in [5.41, 5.74) is 2.05. The number of halogens is 2. The molecule has 106 valence electrons. The van der Waals surface area contributed by atoms with Gasteiger partial charge >= 0.3 is 0 Å². The Kier molecular flexibility index (Phi) is 5.79. The minimum absolute atomic E-state index is 0.0394. The monoisotopic (exact) mass is 386 g/mol. The summed E-state index contributed by atoms with van der Waals surface area (Å²) in [4.78, 5) is 0. The summed E-state index contributed by atoms with van der Waals surface area (Å²) in [5.74, 6) is 0.590. The molecule has 0 N–H and O–H groups in total. The lowest BCUT2D eigenvalue weighted by Gasteiger charge is -2.16. The molecule has 0 aromatic heterocycles. The van der Waals surface area contributed by atoms with Gasteiger partial charge in [0.15, 0.2) is 0 Å². The lowest BCUT2D eigenvalue weighted by molar-refractivity contribution is 0.0576. The Morgan fingerprint density at radius 3 is 2.55 bits per heavy atom. The minimum Gasteiger partial charge on any atom is -0.497 e. The van der Waals surface area contributed by atoms with Crippen LogP contribution in [0.1, 0.15) is 17.2 Å². The van der Waals surface area contributed by atoms with Gasteiger partial charge in [0, 0.05) is 4.43 Å². The molecule has 2 aromatic carbocycles. The maximum atomic E-state index is 12.9. The summed E-state index contributed by atoms with van der Waals surface area (Å²) in [6, 6.07) is 14.3. The summed E-state index contributed by atoms with van der Waals surface area (Å²) in [6.07, 6.45) is -0.0394. The molecule has 0 spiro atoms. The number of hydrogen-bond acceptors (Lipinski definition) is 2. The fraction of sp³-hybridized carbons (Fsp3) is 0.250. The molecular formula is C16H16FIO2. The van der Waals surface area contributed by atoms with E-state index in [2.05, 4.69) is 22.6 Å². The first-order valence-electron chi connectivity index (χ1n) is 6.29. The van der Waals surface area contributed by atoms with E-state index in [1.165, 1.54) is 12.1 Å². The van der Waals surface area contributed by atoms with Crippen LogP contribution in [0.2, 0.25) is 0 Å². The second-order valence-corrected chi connectivity index (χ2v) is 5.24. The molecule has 2 rings (SSSR count). The summed E-state index contributed by atoms with van der Waals surface area (Å²) in [5, 5.41) is 0. The van der Waals surface area contributed by atoms with Gasteiger partial charge in [0.25, 0.3) is 0 Å². The second-order valence-electron chi connectivity index (χ2n) is 4.36. The Labute approximate surface area is 132 Å². The maximum absolute atomic E-state index is 12.9. The third-order valence-corrected chi connectivity index (χ3v) is 3.77. The zero-order valence-electron chi connectivity index (χ0n) is 11.2. The van der Waals surface area contributed by atoms with Crippen molar-refractivity contribution in [3.8, 4) is 5.75 Å². The fourth-order valence-corrected chi connectivity index (χ4v) is 2.63. The molecular weight excluding hydrogens is 370 g/mol. The van der Waals surface area contributed by atoms with Gasteiger partial charge in [0.1, 0.15) is 11.6 Å². The molecule has 0 heterocycles. The Morgan fingerprint density at radius 1 is 1.15 bits per heavy atom. The molecule has 0 radical (unpaired) electrons. The fourth-order valence-electron chi connectivity index (χ4n) is 1.87. The molecule has 0 saturated carbocycles. The van der Waals surface area contributed by atoms with Gasteiger partial charge in [-0.2, -0.15) is 0 Å². The molecule has 2 nitrogen and oxygen atoms in total. The van der Waals surface area contributed by atoms with E-state index in [1.54, 1.807) is 19.2 Å². The number of benzene rings is 2. The van der Waals surface area contributed by atoms with Crippen molar-refractivity contribution in [3.63, 3.8) is 0 Å². The van der Waals surface area contributed by atoms with Crippen LogP contribution in [0.4, 0.5) is 4.39 Å². The summed E-state index contributed by atoms with van der Waals surface area (Å²) >= 11 is 2.28. The molecule has 1 atom stereocenters. The molecule has 0 amide bonds. The summed E-state index contributed by atoms with van der Waals surface area (Å²) in [7, 11) is 1.64. The molecule has 2 aromatic rings. The van der Waals surface area contributed by atoms with Crippen molar-refractivity contribution in [1.29, 1.82) is 0 Å². The van der Waals surface area contributed by atoms with Crippen LogP contribution >= 0.6 is 22.6 Å². The molecule has 1 unspecified atom stereocenters. The molecule has 0 aliphatic carbocycles. The van der Waals surface area contributed by atoms with Crippen molar-refractivity contribution in [1.82, 2.24) is 0 Å². The van der Waals surface area contributed by atoms with Crippen molar-refractivity contribution in [2.24, 2.45) is 0 Å². The third-order valence-electron chi connectivity index (χ3n) is 2.97. The van der Waals surface area contributed by atoms with E-state index in [9.17, 15) is 4.39 Å². The topological polar surface area (TPSA) is 18.5 Å². The summed E-state index contributed by atoms with van der Waals surface area (Å²) in [6.45, 7) is 0.502. The van der Waals surface area contributed by atoms with Crippen LogP contribution in [0.3, 0.4) is 0 Å². The summed E-state index contributed by atoms with van der Waals surface area (Å²) < 4.78 is 24.8. The first-order chi connectivity index (χ1) is 9.72. The predicted molar refractivity (Wildman–Crippen MR) is 85.8 cm³/mol. The van der Waals surface area contributed by atoms with Gasteiger partial charge in [0.05, 0.1) is 19.8 Å². The smallest absolute Gasteiger partial charge is 0.123 e. The van der Waals surface area contributed by atoms with Crippen molar-refractivity contribution in [3.05, 3.63) is 65.5 Å². The van der Waals surface area contributed by atoms with Crippen LogP contribution in [0, 0.1) is 5.82 Å². The van der Waals surface area contributed by atoms with Gasteiger partial charge in [-0.15, -0.1) is 0 Å². The quantitative estimate of drug-likeness (QED) is 0.537. The normalized spacial score (nSPS) is 12.2. The van der Waals surface area contributed by atoms with Crippen molar-refractivity contribution < 1.29 is 13.9 Å². The van der Waals surface area contributed by atoms with Crippen LogP contribution in [-0.4, -0.2) is 11.5 Å². The predicted octanol–water partition coefficient (Wildman–Crippen LogP) is 4.53. The molecule has 0 aliphatic rings. The van der Waals surface area contributed by atoms with Crippen LogP contribution in [0.5, 0.6) is 5.75 Å². The molecule has 0 saturated heterocycles. The van der Waals surface area contributed by atoms with Gasteiger partial charge in [-0.3, -0.25) is 0 Å². The van der Waals surface area contributed by atoms with Crippen molar-refractivity contribution in [2.45, 2.75) is 12.7 Å². The Balaban J connectivity index is 2.01. The lowest BCUT2D eigenvalue weighted by atomic mass is 10.1. The van der Waals surface area contributed by atoms with Crippen LogP contribution in [-0.2, 0) is 11.3 Å². The SMILES string of the molecule is COc1cccc(COC(CI)c2ccc(F)cc2)c1. The van der Waals surface area contributed by atoms with E-state index < -0.39 is 0 Å². The van der Waals surface area contributed by atoms with E-state index >= 15 is 0 Å². The lowest BCUT2D eigenvalue weighted by Crippen LogP contribution is -2.06. The molecule has 0 aliphatic heterocycles. The first kappa shape index (κ1) is 15.3. The Bertz CT molecular complexity index is 542. The van der Waals surface area contributed by atoms with Crippen LogP contribution in [0.25, 0.3) is 0 Å². The number of hydrogen-bond donors (Lipinski definition) is 0. The molecule has 4 heteroatoms. The maximum Gasteiger partial charge on any atom is 0.123 e. The highest BCUT2D eigenvalue weighted by atomic mass is 127. The van der Waals surface area contributed by atoms with Crippen molar-refractivity contribution >= 4 is 22.6 Å². The van der Waals surface area contributed by atoms with E-state index in [0.29, 0.717) is 6.61 Å². The van der Waals surface area contributed by atoms with E-state index in [4.69, 9.17) is 9.47 Å². The standard InChI is InChI=1S/C16H16FIO2/c1-19-15-4-2-3-12(9-15)11-20-16(10-18)13-5-7-14(17)8-6-13/h2-9,16H,10-11H2,1H3. The Hall–Kier alpha value is -1.14. The molecule has 20 heavy (non-hydrogen) atoms. The minimum atomic E-state index is -0.228. The van der Waals surface area contributed by atoms with Crippen molar-refractivity contribution in [2.75, 3.05) is 11.5 Å². The zero-order valence-corrected chi connectivity index (χ0v) is 13.3. The second kappa shape index (κ2) is 7.59. The number of rotatable bonds is 6. The largest absolute Gasteiger partial charge is 0.497 e. The highest BCUT2D eigenvalue weighted by Gasteiger charge is 2.11. The number of ether oxygens (including phenoxy) is 2. The number of methoxy groups -OCH3 is 1. The molecule has 0 fully saturated rings. The molecule has 0 bridgehead atoms. The third kappa shape index (κ3) is 4.18. The highest BCUT2D eigenvalue weighted by Crippen LogP contribution is 2.23. The van der Waals surface area contributed by atoms with E-state index in [1.807, 2.05) is 24.3 Å². The average molecular weight is 386 g/mol. The van der Waals surface area contributed by atoms with Crippen LogP contribution < -0.4 is 4.74 Å². The van der Waals surface area contributed by atoms with E-state index in [0.717, 1.165) is 21.3 Å². The van der Waals surface area contributed by atoms with Gasteiger partial charge in [-0.05, 0) is 35.4 Å². The number of alkyl halides is 1. The first-order valence-corrected chi connectivity index (χ1v) is 7.81. The van der Waals surface area contributed by atoms with Gasteiger partial charge < -0.3 is 9.47 Å². The van der Waals surface area contributed by atoms with Gasteiger partial charge in [0.2, 0.25) is 0 Å². The van der Waals surface area contributed by atoms with Gasteiger partial charge in [-0.1, -0.05) is 46.9 Å². The highest BCUT2D eigenvalue weighted by molar-refractivity contribution is 14.1. The Morgan fingerprint density at radius 2 is 1.90 bits per heavy atom.